The molecule has 5 heterocycles. The maximum Gasteiger partial charge on any atom is 0.320 e. The van der Waals surface area contributed by atoms with E-state index < -0.39 is 65.9 Å². The molecular weight excluding hydrogens is 1000 g/mol. The van der Waals surface area contributed by atoms with Crippen molar-refractivity contribution < 1.29 is 38.4 Å². The fraction of sp³-hybridized carbons (Fsp3) is 0.458. The van der Waals surface area contributed by atoms with Gasteiger partial charge < -0.3 is 61.3 Å². The van der Waals surface area contributed by atoms with Gasteiger partial charge in [-0.3, -0.25) is 28.8 Å². The highest BCUT2D eigenvalue weighted by molar-refractivity contribution is 5.96. The zero-order valence-corrected chi connectivity index (χ0v) is 45.3. The predicted molar refractivity (Wildman–Crippen MR) is 296 cm³/mol. The molecule has 5 aliphatic heterocycles. The Labute approximate surface area is 461 Å². The van der Waals surface area contributed by atoms with Crippen molar-refractivity contribution in [2.75, 3.05) is 73.0 Å². The Kier molecular flexibility index (Phi) is 18.2. The number of carbonyl (C=O) groups excluding carboxylic acids is 8. The lowest BCUT2D eigenvalue weighted by molar-refractivity contribution is -0.145. The van der Waals surface area contributed by atoms with Crippen molar-refractivity contribution in [2.24, 2.45) is 0 Å². The number of nitrogens with zero attached hydrogens (tertiary/aromatic N) is 6. The Balaban J connectivity index is 0.857. The van der Waals surface area contributed by atoms with Crippen LogP contribution in [-0.4, -0.2) is 192 Å². The summed E-state index contributed by atoms with van der Waals surface area (Å²) in [5.41, 5.74) is 3.57. The second-order valence-corrected chi connectivity index (χ2v) is 21.2. The normalized spacial score (nSPS) is 22.9. The van der Waals surface area contributed by atoms with Crippen LogP contribution in [0.4, 0.5) is 9.59 Å². The summed E-state index contributed by atoms with van der Waals surface area (Å²) in [7, 11) is 3.26. The molecule has 5 saturated heterocycles. The summed E-state index contributed by atoms with van der Waals surface area (Å²) < 4.78 is 0. The first-order valence-corrected chi connectivity index (χ1v) is 27.8. The molecule has 0 aliphatic carbocycles. The number of nitrogens with one attached hydrogen (secondary N) is 6. The molecule has 5 fully saturated rings. The minimum atomic E-state index is -1.15. The molecule has 7 atom stereocenters. The van der Waals surface area contributed by atoms with Crippen LogP contribution in [0.15, 0.2) is 121 Å². The van der Waals surface area contributed by atoms with Gasteiger partial charge in [-0.15, -0.1) is 0 Å². The number of piperazine rings is 1. The van der Waals surface area contributed by atoms with E-state index in [0.29, 0.717) is 38.5 Å². The third-order valence-electron chi connectivity index (χ3n) is 16.3. The van der Waals surface area contributed by atoms with E-state index in [-0.39, 0.29) is 94.9 Å². The highest BCUT2D eigenvalue weighted by Crippen LogP contribution is 2.34. The zero-order valence-electron chi connectivity index (χ0n) is 45.3. The summed E-state index contributed by atoms with van der Waals surface area (Å²) in [5, 5.41) is 18.0. The molecule has 9 rings (SSSR count). The number of benzene rings is 4. The van der Waals surface area contributed by atoms with Crippen LogP contribution in [0.1, 0.15) is 79.8 Å². The van der Waals surface area contributed by atoms with Crippen LogP contribution in [0, 0.1) is 0 Å². The smallest absolute Gasteiger partial charge is 0.320 e. The van der Waals surface area contributed by atoms with E-state index in [1.54, 1.807) is 50.4 Å². The second kappa shape index (κ2) is 25.7. The number of urea groups is 2. The summed E-state index contributed by atoms with van der Waals surface area (Å²) in [6, 6.07) is 31.8. The summed E-state index contributed by atoms with van der Waals surface area (Å²) in [6.45, 7) is 2.61. The zero-order chi connectivity index (χ0) is 55.6. The molecule has 0 aromatic heterocycles. The van der Waals surface area contributed by atoms with Gasteiger partial charge in [-0.1, -0.05) is 121 Å². The Morgan fingerprint density at radius 1 is 0.481 bits per heavy atom. The molecule has 79 heavy (non-hydrogen) atoms. The highest BCUT2D eigenvalue weighted by Gasteiger charge is 2.48. The molecule has 10 amide bonds. The van der Waals surface area contributed by atoms with Gasteiger partial charge in [-0.05, 0) is 81.8 Å². The summed E-state index contributed by atoms with van der Waals surface area (Å²) >= 11 is 0. The monoisotopic (exact) mass is 1080 g/mol. The van der Waals surface area contributed by atoms with Crippen LogP contribution in [0.25, 0.3) is 0 Å². The maximum absolute atomic E-state index is 14.8. The van der Waals surface area contributed by atoms with Gasteiger partial charge >= 0.3 is 12.1 Å². The Bertz CT molecular complexity index is 2710. The van der Waals surface area contributed by atoms with E-state index in [0.717, 1.165) is 22.3 Å². The topological polar surface area (TPSA) is 228 Å². The molecule has 20 heteroatoms. The van der Waals surface area contributed by atoms with Gasteiger partial charge in [0.2, 0.25) is 35.4 Å². The number of amides is 10. The van der Waals surface area contributed by atoms with Crippen LogP contribution in [0.2, 0.25) is 0 Å². The van der Waals surface area contributed by atoms with E-state index in [4.69, 9.17) is 0 Å². The highest BCUT2D eigenvalue weighted by atomic mass is 16.2. The van der Waals surface area contributed by atoms with Crippen molar-refractivity contribution in [1.29, 1.82) is 0 Å². The number of fused-ring (bicyclic) bond motifs is 2. The number of rotatable bonds is 14. The molecule has 0 radical (unpaired) electrons. The number of hydrogen-bond acceptors (Lipinski definition) is 10. The van der Waals surface area contributed by atoms with E-state index >= 15 is 0 Å². The number of likely N-dealkylation sites (N-methyl/N-ethyl adjacent to an activating group) is 2. The van der Waals surface area contributed by atoms with Crippen molar-refractivity contribution in [2.45, 2.75) is 99.8 Å². The van der Waals surface area contributed by atoms with Gasteiger partial charge in [-0.2, -0.15) is 0 Å². The number of hydrogen-bond donors (Lipinski definition) is 6. The molecular formula is C59H74N12O8. The molecule has 0 saturated carbocycles. The fourth-order valence-corrected chi connectivity index (χ4v) is 11.9. The maximum atomic E-state index is 14.8. The van der Waals surface area contributed by atoms with Crippen molar-refractivity contribution in [3.63, 3.8) is 0 Å². The lowest BCUT2D eigenvalue weighted by Crippen LogP contribution is -2.64. The minimum Gasteiger partial charge on any atom is -0.343 e. The van der Waals surface area contributed by atoms with E-state index in [1.807, 2.05) is 121 Å². The molecule has 20 nitrogen and oxygen atoms in total. The van der Waals surface area contributed by atoms with Gasteiger partial charge in [0.05, 0.1) is 37.8 Å². The second-order valence-electron chi connectivity index (χ2n) is 21.2. The first-order valence-electron chi connectivity index (χ1n) is 27.8. The van der Waals surface area contributed by atoms with E-state index in [1.165, 1.54) is 0 Å². The third-order valence-corrected chi connectivity index (χ3v) is 16.3. The third kappa shape index (κ3) is 12.9. The van der Waals surface area contributed by atoms with Crippen LogP contribution in [-0.2, 0) is 28.8 Å². The van der Waals surface area contributed by atoms with Crippen LogP contribution in [0.5, 0.6) is 0 Å². The standard InChI is InChI=1S/C59H74N12O8/c1-39(61-3)53(73)63-47-38-69(31-29-45-25-27-49(71(45)57(47)77)55(75)65-52(42-20-12-6-13-21-42)43-22-14-7-15-23-43)59(79)67-34-32-66(33-35-67)58(78)68-30-28-44-24-26-48(70(44)56(76)46(37-68)62-50(72)36-60-2)54(74)64-51(40-16-8-4-9-17-40)41-18-10-5-11-19-41/h4-23,39,44-49,51-52,60-61H,24-38H2,1-3H3,(H,62,72)(H,63,73)(H,64,74)(H,65,75). The van der Waals surface area contributed by atoms with Crippen molar-refractivity contribution in [3.05, 3.63) is 144 Å². The van der Waals surface area contributed by atoms with Gasteiger partial charge in [0, 0.05) is 51.4 Å². The van der Waals surface area contributed by atoms with Gasteiger partial charge in [0.25, 0.3) is 0 Å². The average Bonchev–Trinajstić information content (AvgIpc) is 4.25. The van der Waals surface area contributed by atoms with Gasteiger partial charge in [-0.25, -0.2) is 9.59 Å². The summed E-state index contributed by atoms with van der Waals surface area (Å²) in [4.78, 5) is 124. The average molecular weight is 1080 g/mol. The first kappa shape index (κ1) is 55.9. The fourth-order valence-electron chi connectivity index (χ4n) is 11.9. The molecule has 0 spiro atoms. The number of carbonyl (C=O) groups is 8. The van der Waals surface area contributed by atoms with Crippen molar-refractivity contribution in [3.8, 4) is 0 Å². The summed E-state index contributed by atoms with van der Waals surface area (Å²) in [6.07, 6.45) is 2.72. The van der Waals surface area contributed by atoms with Gasteiger partial charge in [0.15, 0.2) is 0 Å². The molecule has 0 bridgehead atoms. The van der Waals surface area contributed by atoms with Crippen LogP contribution in [0.3, 0.4) is 0 Å². The van der Waals surface area contributed by atoms with Crippen molar-refractivity contribution in [1.82, 2.24) is 61.3 Å². The van der Waals surface area contributed by atoms with Gasteiger partial charge in [0.1, 0.15) is 24.2 Å². The molecule has 5 aliphatic rings. The molecule has 418 valence electrons. The largest absolute Gasteiger partial charge is 0.343 e. The SMILES string of the molecule is CNCC(=O)NC1CN(C(=O)N2CCN(C(=O)N3CCC4CCC(C(=O)NC(c5ccccc5)c5ccccc5)N4C(=O)C(NC(=O)C(C)NC)C3)CC2)CCC2CCC(C(=O)NC(c3ccccc3)c3ccccc3)N2C1=O. The molecule has 7 unspecified atom stereocenters. The van der Waals surface area contributed by atoms with Crippen LogP contribution >= 0.6 is 0 Å². The molecule has 4 aromatic rings. The Morgan fingerprint density at radius 3 is 1.20 bits per heavy atom. The van der Waals surface area contributed by atoms with Crippen molar-refractivity contribution >= 4 is 47.5 Å². The lowest BCUT2D eigenvalue weighted by Gasteiger charge is -2.43. The summed E-state index contributed by atoms with van der Waals surface area (Å²) in [5.74, 6) is -2.33. The Morgan fingerprint density at radius 2 is 0.848 bits per heavy atom. The molecule has 4 aromatic carbocycles. The first-order chi connectivity index (χ1) is 38.3. The van der Waals surface area contributed by atoms with E-state index in [2.05, 4.69) is 31.9 Å². The van der Waals surface area contributed by atoms with E-state index in [9.17, 15) is 38.4 Å². The quantitative estimate of drug-likeness (QED) is 0.108. The Hall–Kier alpha value is -7.84. The van der Waals surface area contributed by atoms with Crippen LogP contribution < -0.4 is 31.9 Å². The molecule has 6 N–H and O–H groups in total. The predicted octanol–water partition coefficient (Wildman–Crippen LogP) is 2.58. The lowest BCUT2D eigenvalue weighted by atomic mass is 9.98. The minimum absolute atomic E-state index is 0.0639.